The van der Waals surface area contributed by atoms with Crippen molar-refractivity contribution in [2.24, 2.45) is 0 Å². The smallest absolute Gasteiger partial charge is 0.129 e. The Morgan fingerprint density at radius 1 is 1.18 bits per heavy atom. The molecule has 7 nitrogen and oxygen atoms in total. The van der Waals surface area contributed by atoms with Crippen LogP contribution in [0, 0.1) is 5.41 Å². The van der Waals surface area contributed by atoms with E-state index in [-0.39, 0.29) is 6.10 Å². The maximum atomic E-state index is 7.87. The predicted molar refractivity (Wildman–Crippen MR) is 132 cm³/mol. The van der Waals surface area contributed by atoms with Gasteiger partial charge >= 0.3 is 0 Å². The van der Waals surface area contributed by atoms with Crippen LogP contribution in [-0.4, -0.2) is 66.6 Å². The summed E-state index contributed by atoms with van der Waals surface area (Å²) in [4.78, 5) is 11.1. The van der Waals surface area contributed by atoms with E-state index >= 15 is 0 Å². The molecule has 0 amide bonds. The maximum absolute atomic E-state index is 7.87. The van der Waals surface area contributed by atoms with Crippen LogP contribution in [0.1, 0.15) is 11.1 Å². The number of ether oxygens (including phenoxy) is 2. The largest absolute Gasteiger partial charge is 0.388 e. The Kier molecular flexibility index (Phi) is 8.38. The molecule has 33 heavy (non-hydrogen) atoms. The monoisotopic (exact) mass is 465 g/mol. The molecule has 1 unspecified atom stereocenters. The Bertz CT molecular complexity index is 1090. The number of benzene rings is 1. The highest BCUT2D eigenvalue weighted by Crippen LogP contribution is 2.18. The number of aromatic nitrogens is 2. The maximum Gasteiger partial charge on any atom is 0.129 e. The summed E-state index contributed by atoms with van der Waals surface area (Å²) in [7, 11) is 0. The zero-order chi connectivity index (χ0) is 22.9. The fourth-order valence-electron chi connectivity index (χ4n) is 3.68. The fourth-order valence-corrected chi connectivity index (χ4v) is 3.84. The van der Waals surface area contributed by atoms with Crippen molar-refractivity contribution in [3.05, 3.63) is 77.2 Å². The van der Waals surface area contributed by atoms with Crippen LogP contribution in [0.4, 0.5) is 0 Å². The molecule has 1 fully saturated rings. The van der Waals surface area contributed by atoms with Crippen LogP contribution in [0.2, 0.25) is 5.15 Å². The van der Waals surface area contributed by atoms with Gasteiger partial charge in [0.1, 0.15) is 5.15 Å². The van der Waals surface area contributed by atoms with Gasteiger partial charge in [-0.05, 0) is 23.8 Å². The lowest BCUT2D eigenvalue weighted by atomic mass is 10.1. The van der Waals surface area contributed by atoms with Crippen molar-refractivity contribution < 1.29 is 9.47 Å². The van der Waals surface area contributed by atoms with Crippen molar-refractivity contribution in [3.63, 3.8) is 0 Å². The van der Waals surface area contributed by atoms with Gasteiger partial charge < -0.3 is 20.2 Å². The van der Waals surface area contributed by atoms with Crippen LogP contribution in [0.15, 0.2) is 60.9 Å². The minimum Gasteiger partial charge on any atom is -0.388 e. The predicted octanol–water partition coefficient (Wildman–Crippen LogP) is 3.78. The average Bonchev–Trinajstić information content (AvgIpc) is 2.86. The van der Waals surface area contributed by atoms with E-state index in [1.54, 1.807) is 12.3 Å². The molecule has 4 rings (SSSR count). The molecule has 3 heterocycles. The summed E-state index contributed by atoms with van der Waals surface area (Å²) < 4.78 is 11.7. The number of nitrogens with zero attached hydrogens (tertiary/aromatic N) is 3. The number of halogens is 1. The number of allylic oxidation sites excluding steroid dienone is 1. The second-order valence-electron chi connectivity index (χ2n) is 7.88. The second kappa shape index (κ2) is 11.9. The normalized spacial score (nSPS) is 16.0. The fraction of sp³-hybridized carbons (Fsp3) is 0.320. The molecular formula is C25H28ClN5O2. The molecule has 0 saturated carbocycles. The first-order chi connectivity index (χ1) is 16.2. The number of morpholine rings is 1. The summed E-state index contributed by atoms with van der Waals surface area (Å²) in [5, 5.41) is 11.6. The van der Waals surface area contributed by atoms with Crippen LogP contribution in [0.25, 0.3) is 16.6 Å². The molecule has 1 aliphatic rings. The highest BCUT2D eigenvalue weighted by Gasteiger charge is 2.17. The molecule has 1 aromatic carbocycles. The quantitative estimate of drug-likeness (QED) is 0.350. The summed E-state index contributed by atoms with van der Waals surface area (Å²) in [5.74, 6) is 0. The van der Waals surface area contributed by atoms with Crippen LogP contribution in [-0.2, 0) is 16.1 Å². The Morgan fingerprint density at radius 2 is 2.00 bits per heavy atom. The van der Waals surface area contributed by atoms with Crippen LogP contribution in [0.3, 0.4) is 0 Å². The van der Waals surface area contributed by atoms with Gasteiger partial charge in [-0.1, -0.05) is 41.9 Å². The van der Waals surface area contributed by atoms with Gasteiger partial charge in [-0.25, -0.2) is 4.98 Å². The summed E-state index contributed by atoms with van der Waals surface area (Å²) in [6, 6.07) is 15.6. The molecule has 172 valence electrons. The van der Waals surface area contributed by atoms with Crippen molar-refractivity contribution in [2.45, 2.75) is 12.7 Å². The zero-order valence-corrected chi connectivity index (χ0v) is 19.2. The van der Waals surface area contributed by atoms with Gasteiger partial charge in [-0.15, -0.1) is 0 Å². The highest BCUT2D eigenvalue weighted by atomic mass is 35.5. The third kappa shape index (κ3) is 6.82. The van der Waals surface area contributed by atoms with Crippen molar-refractivity contribution in [3.8, 4) is 0 Å². The van der Waals surface area contributed by atoms with E-state index in [0.717, 1.165) is 49.5 Å². The standard InChI is InChI=1S/C25H28ClN5O2/c26-25-7-6-23-24(30-25)12-20(15-29-23)21(13-27)14-28-16-22(17-31-8-10-32-11-9-31)33-18-19-4-2-1-3-5-19/h1-7,12-15,22,27-28H,8-11,16-18H2/b21-14+,27-13?. The van der Waals surface area contributed by atoms with Gasteiger partial charge in [0.25, 0.3) is 0 Å². The summed E-state index contributed by atoms with van der Waals surface area (Å²) in [6.45, 7) is 5.31. The lowest BCUT2D eigenvalue weighted by molar-refractivity contribution is -0.0162. The lowest BCUT2D eigenvalue weighted by Crippen LogP contribution is -2.44. The number of hydrogen-bond donors (Lipinski definition) is 2. The molecule has 3 aromatic rings. The molecular weight excluding hydrogens is 438 g/mol. The van der Waals surface area contributed by atoms with E-state index in [1.165, 1.54) is 6.21 Å². The Hall–Kier alpha value is -2.84. The van der Waals surface area contributed by atoms with Crippen LogP contribution in [0.5, 0.6) is 0 Å². The van der Waals surface area contributed by atoms with Crippen LogP contribution >= 0.6 is 11.6 Å². The van der Waals surface area contributed by atoms with E-state index in [4.69, 9.17) is 26.5 Å². The van der Waals surface area contributed by atoms with Gasteiger partial charge in [-0.3, -0.25) is 9.88 Å². The lowest BCUT2D eigenvalue weighted by Gasteiger charge is -2.30. The topological polar surface area (TPSA) is 83.4 Å². The van der Waals surface area contributed by atoms with Crippen LogP contribution < -0.4 is 5.32 Å². The second-order valence-corrected chi connectivity index (χ2v) is 8.27. The molecule has 1 atom stereocenters. The molecule has 8 heteroatoms. The van der Waals surface area contributed by atoms with Gasteiger partial charge in [0.15, 0.2) is 0 Å². The van der Waals surface area contributed by atoms with E-state index in [9.17, 15) is 0 Å². The van der Waals surface area contributed by atoms with Gasteiger partial charge in [0, 0.05) is 55.9 Å². The van der Waals surface area contributed by atoms with Gasteiger partial charge in [0.2, 0.25) is 0 Å². The molecule has 2 N–H and O–H groups in total. The van der Waals surface area contributed by atoms with Crippen molar-refractivity contribution in [1.82, 2.24) is 20.2 Å². The Labute approximate surface area is 198 Å². The number of pyridine rings is 2. The summed E-state index contributed by atoms with van der Waals surface area (Å²) in [6.07, 6.45) is 4.87. The molecule has 1 saturated heterocycles. The van der Waals surface area contributed by atoms with Crippen molar-refractivity contribution in [1.29, 1.82) is 5.41 Å². The molecule has 1 aliphatic heterocycles. The van der Waals surface area contributed by atoms with E-state index in [2.05, 4.69) is 32.3 Å². The average molecular weight is 466 g/mol. The zero-order valence-electron chi connectivity index (χ0n) is 18.4. The minimum atomic E-state index is -0.0123. The summed E-state index contributed by atoms with van der Waals surface area (Å²) >= 11 is 6.02. The molecule has 0 spiro atoms. The number of nitrogens with one attached hydrogen (secondary N) is 2. The molecule has 0 radical (unpaired) electrons. The highest BCUT2D eigenvalue weighted by molar-refractivity contribution is 6.29. The number of rotatable bonds is 10. The molecule has 0 aliphatic carbocycles. The number of fused-ring (bicyclic) bond motifs is 1. The molecule has 2 aromatic heterocycles. The summed E-state index contributed by atoms with van der Waals surface area (Å²) in [5.41, 5.74) is 4.12. The molecule has 0 bridgehead atoms. The van der Waals surface area contributed by atoms with E-state index < -0.39 is 0 Å². The van der Waals surface area contributed by atoms with E-state index in [1.807, 2.05) is 36.5 Å². The van der Waals surface area contributed by atoms with Gasteiger partial charge in [0.05, 0.1) is 37.0 Å². The third-order valence-electron chi connectivity index (χ3n) is 5.49. The third-order valence-corrected chi connectivity index (χ3v) is 5.70. The van der Waals surface area contributed by atoms with E-state index in [0.29, 0.717) is 29.4 Å². The first-order valence-corrected chi connectivity index (χ1v) is 11.4. The minimum absolute atomic E-state index is 0.0123. The van der Waals surface area contributed by atoms with Crippen molar-refractivity contribution >= 4 is 34.4 Å². The van der Waals surface area contributed by atoms with Gasteiger partial charge in [-0.2, -0.15) is 0 Å². The Balaban J connectivity index is 1.42. The first-order valence-electron chi connectivity index (χ1n) is 11.0. The number of hydrogen-bond acceptors (Lipinski definition) is 7. The van der Waals surface area contributed by atoms with Crippen molar-refractivity contribution in [2.75, 3.05) is 39.4 Å². The Morgan fingerprint density at radius 3 is 2.79 bits per heavy atom. The first kappa shape index (κ1) is 23.3. The SMILES string of the molecule is N=C/C(=C\NCC(CN1CCOCC1)OCc1ccccc1)c1cnc2ccc(Cl)nc2c1.